The number of anilines is 1. The Morgan fingerprint density at radius 3 is 2.50 bits per heavy atom. The summed E-state index contributed by atoms with van der Waals surface area (Å²) < 4.78 is 0.821. The van der Waals surface area contributed by atoms with Crippen LogP contribution in [0.4, 0.5) is 5.69 Å². The van der Waals surface area contributed by atoms with Crippen molar-refractivity contribution in [2.45, 2.75) is 25.7 Å². The summed E-state index contributed by atoms with van der Waals surface area (Å²) >= 11 is 9.34. The molecule has 2 rings (SSSR count). The highest BCUT2D eigenvalue weighted by atomic mass is 79.9. The molecule has 2 atom stereocenters. The van der Waals surface area contributed by atoms with E-state index in [2.05, 4.69) is 21.2 Å². The van der Waals surface area contributed by atoms with Crippen molar-refractivity contribution in [3.63, 3.8) is 0 Å². The summed E-state index contributed by atoms with van der Waals surface area (Å²) in [5.74, 6) is -2.24. The van der Waals surface area contributed by atoms with Crippen molar-refractivity contribution in [3.8, 4) is 0 Å². The van der Waals surface area contributed by atoms with E-state index >= 15 is 0 Å². The molecule has 6 heteroatoms. The lowest BCUT2D eigenvalue weighted by atomic mass is 9.78. The smallest absolute Gasteiger partial charge is 0.307 e. The van der Waals surface area contributed by atoms with E-state index in [1.54, 1.807) is 18.2 Å². The molecule has 2 unspecified atom stereocenters. The lowest BCUT2D eigenvalue weighted by Gasteiger charge is -2.27. The first-order valence-electron chi connectivity index (χ1n) is 6.48. The van der Waals surface area contributed by atoms with E-state index in [4.69, 9.17) is 11.6 Å². The zero-order chi connectivity index (χ0) is 14.7. The number of halogens is 2. The van der Waals surface area contributed by atoms with Crippen LogP contribution in [0.2, 0.25) is 5.02 Å². The van der Waals surface area contributed by atoms with Gasteiger partial charge in [0.2, 0.25) is 5.91 Å². The molecule has 108 valence electrons. The fourth-order valence-electron chi connectivity index (χ4n) is 2.56. The van der Waals surface area contributed by atoms with Crippen molar-refractivity contribution in [1.82, 2.24) is 0 Å². The Morgan fingerprint density at radius 2 is 1.90 bits per heavy atom. The Balaban J connectivity index is 2.12. The van der Waals surface area contributed by atoms with Gasteiger partial charge in [-0.3, -0.25) is 9.59 Å². The Morgan fingerprint density at radius 1 is 1.25 bits per heavy atom. The summed E-state index contributed by atoms with van der Waals surface area (Å²) in [5.41, 5.74) is 0.509. The minimum absolute atomic E-state index is 0.263. The quantitative estimate of drug-likeness (QED) is 0.858. The monoisotopic (exact) mass is 359 g/mol. The van der Waals surface area contributed by atoms with Gasteiger partial charge in [-0.1, -0.05) is 40.4 Å². The normalized spacial score (nSPS) is 22.3. The van der Waals surface area contributed by atoms with Crippen molar-refractivity contribution in [2.24, 2.45) is 11.8 Å². The van der Waals surface area contributed by atoms with Gasteiger partial charge in [-0.05, 0) is 31.0 Å². The molecular formula is C14H15BrClNO3. The zero-order valence-electron chi connectivity index (χ0n) is 10.7. The molecule has 0 saturated heterocycles. The number of amides is 1. The van der Waals surface area contributed by atoms with Gasteiger partial charge in [-0.2, -0.15) is 0 Å². The minimum atomic E-state index is -0.897. The molecule has 1 aromatic rings. The van der Waals surface area contributed by atoms with E-state index in [1.165, 1.54) is 0 Å². The first-order chi connectivity index (χ1) is 9.49. The summed E-state index contributed by atoms with van der Waals surface area (Å²) in [4.78, 5) is 23.5. The Labute approximate surface area is 130 Å². The predicted octanol–water partition coefficient (Wildman–Crippen LogP) is 3.93. The highest BCUT2D eigenvalue weighted by molar-refractivity contribution is 9.10. The average Bonchev–Trinajstić information content (AvgIpc) is 2.41. The molecule has 1 amide bonds. The van der Waals surface area contributed by atoms with E-state index < -0.39 is 17.8 Å². The van der Waals surface area contributed by atoms with E-state index in [9.17, 15) is 14.7 Å². The van der Waals surface area contributed by atoms with Crippen LogP contribution in [-0.4, -0.2) is 17.0 Å². The molecule has 0 heterocycles. The van der Waals surface area contributed by atoms with Gasteiger partial charge < -0.3 is 10.4 Å². The third-order valence-electron chi connectivity index (χ3n) is 3.61. The molecule has 1 saturated carbocycles. The van der Waals surface area contributed by atoms with Crippen molar-refractivity contribution < 1.29 is 14.7 Å². The van der Waals surface area contributed by atoms with Crippen molar-refractivity contribution >= 4 is 45.1 Å². The maximum absolute atomic E-state index is 12.3. The molecule has 1 aromatic carbocycles. The van der Waals surface area contributed by atoms with Crippen LogP contribution in [0.3, 0.4) is 0 Å². The number of carboxylic acids is 1. The number of nitrogens with one attached hydrogen (secondary N) is 1. The SMILES string of the molecule is O=C(O)C1CCCCC1C(=O)Nc1ccc(Br)cc1Cl. The summed E-state index contributed by atoms with van der Waals surface area (Å²) in [7, 11) is 0. The van der Waals surface area contributed by atoms with E-state index in [0.29, 0.717) is 23.6 Å². The second kappa shape index (κ2) is 6.59. The molecule has 0 bridgehead atoms. The number of benzene rings is 1. The summed E-state index contributed by atoms with van der Waals surface area (Å²) in [6.45, 7) is 0. The maximum Gasteiger partial charge on any atom is 0.307 e. The largest absolute Gasteiger partial charge is 0.481 e. The highest BCUT2D eigenvalue weighted by Gasteiger charge is 2.35. The third kappa shape index (κ3) is 3.52. The van der Waals surface area contributed by atoms with Gasteiger partial charge in [0.15, 0.2) is 0 Å². The van der Waals surface area contributed by atoms with Crippen molar-refractivity contribution in [1.29, 1.82) is 0 Å². The number of rotatable bonds is 3. The highest BCUT2D eigenvalue weighted by Crippen LogP contribution is 2.32. The molecule has 1 fully saturated rings. The van der Waals surface area contributed by atoms with Gasteiger partial charge in [0.25, 0.3) is 0 Å². The van der Waals surface area contributed by atoms with Crippen molar-refractivity contribution in [3.05, 3.63) is 27.7 Å². The van der Waals surface area contributed by atoms with Gasteiger partial charge in [0.1, 0.15) is 0 Å². The van der Waals surface area contributed by atoms with E-state index in [1.807, 2.05) is 0 Å². The lowest BCUT2D eigenvalue weighted by Crippen LogP contribution is -2.36. The number of carbonyl (C=O) groups is 2. The maximum atomic E-state index is 12.3. The second-order valence-electron chi connectivity index (χ2n) is 4.95. The standard InChI is InChI=1S/C14H15BrClNO3/c15-8-5-6-12(11(16)7-8)17-13(18)9-3-1-2-4-10(9)14(19)20/h5-7,9-10H,1-4H2,(H,17,18)(H,19,20). The lowest BCUT2D eigenvalue weighted by molar-refractivity contribution is -0.147. The van der Waals surface area contributed by atoms with Gasteiger partial charge in [-0.15, -0.1) is 0 Å². The van der Waals surface area contributed by atoms with Crippen LogP contribution in [0.5, 0.6) is 0 Å². The second-order valence-corrected chi connectivity index (χ2v) is 6.27. The molecule has 0 aliphatic heterocycles. The number of hydrogen-bond donors (Lipinski definition) is 2. The molecule has 20 heavy (non-hydrogen) atoms. The Kier molecular flexibility index (Phi) is 5.05. The van der Waals surface area contributed by atoms with Gasteiger partial charge >= 0.3 is 5.97 Å². The Bertz CT molecular complexity index is 535. The van der Waals surface area contributed by atoms with E-state index in [0.717, 1.165) is 17.3 Å². The number of carbonyl (C=O) groups excluding carboxylic acids is 1. The molecule has 0 radical (unpaired) electrons. The molecule has 1 aliphatic carbocycles. The fourth-order valence-corrected chi connectivity index (χ4v) is 3.28. The number of hydrogen-bond acceptors (Lipinski definition) is 2. The van der Waals surface area contributed by atoms with Gasteiger partial charge in [0.05, 0.1) is 22.5 Å². The zero-order valence-corrected chi connectivity index (χ0v) is 13.1. The van der Waals surface area contributed by atoms with Crippen LogP contribution in [0.25, 0.3) is 0 Å². The summed E-state index contributed by atoms with van der Waals surface area (Å²) in [6.07, 6.45) is 2.91. The molecule has 0 spiro atoms. The van der Waals surface area contributed by atoms with Crippen LogP contribution in [-0.2, 0) is 9.59 Å². The van der Waals surface area contributed by atoms with Crippen molar-refractivity contribution in [2.75, 3.05) is 5.32 Å². The van der Waals surface area contributed by atoms with Crippen LogP contribution in [0.1, 0.15) is 25.7 Å². The third-order valence-corrected chi connectivity index (χ3v) is 4.41. The first kappa shape index (κ1) is 15.3. The fraction of sp³-hybridized carbons (Fsp3) is 0.429. The topological polar surface area (TPSA) is 66.4 Å². The molecular weight excluding hydrogens is 346 g/mol. The molecule has 0 aromatic heterocycles. The molecule has 1 aliphatic rings. The van der Waals surface area contributed by atoms with Crippen LogP contribution < -0.4 is 5.32 Å². The molecule has 2 N–H and O–H groups in total. The average molecular weight is 361 g/mol. The summed E-state index contributed by atoms with van der Waals surface area (Å²) in [5, 5.41) is 12.4. The van der Waals surface area contributed by atoms with Crippen LogP contribution in [0.15, 0.2) is 22.7 Å². The first-order valence-corrected chi connectivity index (χ1v) is 7.65. The van der Waals surface area contributed by atoms with Gasteiger partial charge in [0, 0.05) is 4.47 Å². The predicted molar refractivity (Wildman–Crippen MR) is 80.9 cm³/mol. The Hall–Kier alpha value is -1.07. The number of carboxylic acid groups (broad SMARTS) is 1. The van der Waals surface area contributed by atoms with Crippen LogP contribution >= 0.6 is 27.5 Å². The summed E-state index contributed by atoms with van der Waals surface area (Å²) in [6, 6.07) is 5.16. The molecule has 4 nitrogen and oxygen atoms in total. The van der Waals surface area contributed by atoms with Gasteiger partial charge in [-0.25, -0.2) is 0 Å². The van der Waals surface area contributed by atoms with Crippen LogP contribution in [0, 0.1) is 11.8 Å². The van der Waals surface area contributed by atoms with E-state index in [-0.39, 0.29) is 5.91 Å². The minimum Gasteiger partial charge on any atom is -0.481 e. The number of aliphatic carboxylic acids is 1.